The number of nitrogens with one attached hydrogen (secondary N) is 2. The van der Waals surface area contributed by atoms with Gasteiger partial charge in [-0.1, -0.05) is 0 Å². The van der Waals surface area contributed by atoms with Crippen molar-refractivity contribution in [1.29, 1.82) is 11.1 Å². The summed E-state index contributed by atoms with van der Waals surface area (Å²) >= 11 is 0. The molecule has 0 aliphatic carbocycles. The van der Waals surface area contributed by atoms with Crippen molar-refractivity contribution in [2.24, 2.45) is 0 Å². The summed E-state index contributed by atoms with van der Waals surface area (Å²) in [6.07, 6.45) is 0. The first kappa shape index (κ1) is 17.5. The first-order chi connectivity index (χ1) is 1.00. The molecule has 0 saturated carbocycles. The molecule has 2 N–H and O–H groups in total. The van der Waals surface area contributed by atoms with Crippen molar-refractivity contribution < 1.29 is 62.0 Å². The monoisotopic (exact) mass is 78.0 g/mol. The van der Waals surface area contributed by atoms with Gasteiger partial charge in [0.1, 0.15) is 0 Å². The van der Waals surface area contributed by atoms with Crippen LogP contribution in [0.15, 0.2) is 0 Å². The molecule has 0 atom stereocenters. The van der Waals surface area contributed by atoms with Gasteiger partial charge in [0.25, 0.3) is 0 Å². The molecule has 0 aromatic carbocycles. The Morgan fingerprint density at radius 1 is 1.00 bits per heavy atom. The largest absolute Gasteiger partial charge is 1.00 e. The fourth-order valence-electron chi connectivity index (χ4n) is 0. The van der Waals surface area contributed by atoms with Crippen LogP contribution in [0.25, 0.3) is 0 Å². The Kier molecular flexibility index (Phi) is 102. The molecule has 0 heterocycles. The second kappa shape index (κ2) is 23.3. The van der Waals surface area contributed by atoms with Gasteiger partial charge < -0.3 is 2.85 Å². The summed E-state index contributed by atoms with van der Waals surface area (Å²) in [7, 11) is 0. The van der Waals surface area contributed by atoms with Gasteiger partial charge in [0, 0.05) is 0 Å². The zero-order valence-corrected chi connectivity index (χ0v) is 7.00. The number of rotatable bonds is 0. The average Bonchev–Trinajstić information content (AvgIpc) is 1.00. The molecule has 0 aromatic heterocycles. The van der Waals surface area contributed by atoms with E-state index >= 15 is 0 Å². The quantitative estimate of drug-likeness (QED) is 0.215. The van der Waals surface area contributed by atoms with E-state index in [0.29, 0.717) is 0 Å². The zero-order chi connectivity index (χ0) is 2.00. The van der Waals surface area contributed by atoms with Crippen LogP contribution in [0.4, 0.5) is 0 Å². The normalized spacial score (nSPS) is 1.00. The summed E-state index contributed by atoms with van der Waals surface area (Å²) in [4.78, 5) is 0. The van der Waals surface area contributed by atoms with E-state index in [9.17, 15) is 0 Å². The zero-order valence-electron chi connectivity index (χ0n) is 5.00. The molecular weight excluding hydrogens is 74.0 g/mol. The first-order valence-electron chi connectivity index (χ1n) is 0.250. The standard InChI is InChI=1S/H2N2.2Na.2H/c1-2;;;;/h1-2H;;;;/q;2*+1;2*-1. The van der Waals surface area contributed by atoms with Crippen LogP contribution in [0.2, 0.25) is 0 Å². The Bertz CT molecular complexity index is 9.51. The predicted octanol–water partition coefficient (Wildman–Crippen LogP) is -5.17. The Balaban J connectivity index is -0.000000000833. The van der Waals surface area contributed by atoms with Crippen LogP contribution in [0.3, 0.4) is 0 Å². The number of hydrogen-bond acceptors (Lipinski definition) is 2. The van der Waals surface area contributed by atoms with Gasteiger partial charge in [-0.05, 0) is 0 Å². The molecule has 0 bridgehead atoms. The maximum Gasteiger partial charge on any atom is 1.00 e. The maximum absolute atomic E-state index is 5.00. The van der Waals surface area contributed by atoms with E-state index in [1.54, 1.807) is 0 Å². The third-order valence-electron chi connectivity index (χ3n) is 0. The van der Waals surface area contributed by atoms with Crippen LogP contribution in [0.5, 0.6) is 0 Å². The summed E-state index contributed by atoms with van der Waals surface area (Å²) < 4.78 is 0. The van der Waals surface area contributed by atoms with E-state index in [1.165, 1.54) is 0 Å². The van der Waals surface area contributed by atoms with Crippen molar-refractivity contribution in [3.05, 3.63) is 0 Å². The van der Waals surface area contributed by atoms with Gasteiger partial charge in [-0.3, -0.25) is 0 Å². The van der Waals surface area contributed by atoms with Crippen molar-refractivity contribution in [3.8, 4) is 0 Å². The maximum atomic E-state index is 5.00. The minimum Gasteiger partial charge on any atom is -1.00 e. The molecule has 16 valence electrons. The van der Waals surface area contributed by atoms with Crippen molar-refractivity contribution in [1.82, 2.24) is 0 Å². The van der Waals surface area contributed by atoms with Crippen LogP contribution in [0.1, 0.15) is 2.85 Å². The van der Waals surface area contributed by atoms with Crippen LogP contribution < -0.4 is 59.1 Å². The molecule has 0 unspecified atom stereocenters. The fraction of sp³-hybridized carbons (Fsp3) is 0. The predicted molar refractivity (Wildman–Crippen MR) is 7.66 cm³/mol. The van der Waals surface area contributed by atoms with Crippen LogP contribution in [-0.4, -0.2) is 0 Å². The van der Waals surface area contributed by atoms with Crippen molar-refractivity contribution in [2.75, 3.05) is 0 Å². The Morgan fingerprint density at radius 2 is 1.00 bits per heavy atom. The Labute approximate surface area is 72.2 Å². The minimum absolute atomic E-state index is 0. The summed E-state index contributed by atoms with van der Waals surface area (Å²) in [6.45, 7) is 0. The van der Waals surface area contributed by atoms with Crippen LogP contribution in [0, 0.1) is 11.1 Å². The van der Waals surface area contributed by atoms with E-state index in [0.717, 1.165) is 0 Å². The minimum atomic E-state index is 0. The molecule has 0 radical (unpaired) electrons. The second-order valence-electron chi connectivity index (χ2n) is 0. The molecule has 0 fully saturated rings. The third-order valence-corrected chi connectivity index (χ3v) is 0. The van der Waals surface area contributed by atoms with E-state index in [-0.39, 0.29) is 62.0 Å². The van der Waals surface area contributed by atoms with Crippen molar-refractivity contribution in [3.63, 3.8) is 0 Å². The van der Waals surface area contributed by atoms with Gasteiger partial charge in [0.05, 0.1) is 0 Å². The van der Waals surface area contributed by atoms with E-state index in [2.05, 4.69) is 0 Å². The first-order valence-corrected chi connectivity index (χ1v) is 0.250. The SMILES string of the molecule is N=N.[H-].[H-].[Na+].[Na+]. The van der Waals surface area contributed by atoms with E-state index < -0.39 is 0 Å². The summed E-state index contributed by atoms with van der Waals surface area (Å²) in [5.41, 5.74) is 10.0. The van der Waals surface area contributed by atoms with E-state index in [1.807, 2.05) is 0 Å². The molecule has 0 aliphatic heterocycles. The van der Waals surface area contributed by atoms with Crippen molar-refractivity contribution >= 4 is 0 Å². The fourth-order valence-corrected chi connectivity index (χ4v) is 0. The van der Waals surface area contributed by atoms with Gasteiger partial charge in [0.15, 0.2) is 0 Å². The van der Waals surface area contributed by atoms with Gasteiger partial charge in [0.2, 0.25) is 0 Å². The summed E-state index contributed by atoms with van der Waals surface area (Å²) in [5.74, 6) is 0. The molecule has 0 amide bonds. The molecular formula is H4N2Na2. The molecule has 0 aromatic rings. The van der Waals surface area contributed by atoms with E-state index in [4.69, 9.17) is 11.1 Å². The average molecular weight is 78.0 g/mol. The molecule has 0 spiro atoms. The molecule has 4 heteroatoms. The third kappa shape index (κ3) is 9.51. The van der Waals surface area contributed by atoms with Crippen LogP contribution in [-0.2, 0) is 0 Å². The topological polar surface area (TPSA) is 47.7 Å². The van der Waals surface area contributed by atoms with Crippen LogP contribution >= 0.6 is 0 Å². The molecule has 0 rings (SSSR count). The summed E-state index contributed by atoms with van der Waals surface area (Å²) in [6, 6.07) is 0. The van der Waals surface area contributed by atoms with Crippen molar-refractivity contribution in [2.45, 2.75) is 0 Å². The summed E-state index contributed by atoms with van der Waals surface area (Å²) in [5, 5.41) is 0. The van der Waals surface area contributed by atoms with Gasteiger partial charge in [-0.25, -0.2) is 11.1 Å². The van der Waals surface area contributed by atoms with Gasteiger partial charge >= 0.3 is 59.1 Å². The number of hydrogen-bond donors (Lipinski definition) is 2. The smallest absolute Gasteiger partial charge is 1.00 e. The molecule has 4 heavy (non-hydrogen) atoms. The van der Waals surface area contributed by atoms with Gasteiger partial charge in [-0.2, -0.15) is 0 Å². The molecule has 0 saturated heterocycles. The Hall–Kier alpha value is 1.60. The Morgan fingerprint density at radius 3 is 1.00 bits per heavy atom. The second-order valence-corrected chi connectivity index (χ2v) is 0. The molecule has 2 nitrogen and oxygen atoms in total. The molecule has 0 aliphatic rings. The van der Waals surface area contributed by atoms with Gasteiger partial charge in [-0.15, -0.1) is 0 Å².